The molecule has 116 valence electrons. The van der Waals surface area contributed by atoms with E-state index in [4.69, 9.17) is 4.74 Å². The Morgan fingerprint density at radius 1 is 1.29 bits per heavy atom. The van der Waals surface area contributed by atoms with Gasteiger partial charge in [-0.1, -0.05) is 12.1 Å². The zero-order valence-electron chi connectivity index (χ0n) is 12.2. The topological polar surface area (TPSA) is 75.7 Å². The molecule has 0 aromatic heterocycles. The third kappa shape index (κ3) is 3.95. The Balaban J connectivity index is 2.18. The molecule has 0 atom stereocenters. The highest BCUT2D eigenvalue weighted by Crippen LogP contribution is 2.27. The standard InChI is InChI=1S/C14H20N2O4S/c1-16(21(2,18)19)13-6-4-3-5-12(13)15-14(17)11-7-9-20-10-8-11/h3-6,11H,7-10H2,1-2H3,(H,15,17). The summed E-state index contributed by atoms with van der Waals surface area (Å²) < 4.78 is 29.7. The van der Waals surface area contributed by atoms with Gasteiger partial charge in [0.25, 0.3) is 0 Å². The van der Waals surface area contributed by atoms with Gasteiger partial charge in [-0.15, -0.1) is 0 Å². The molecule has 0 unspecified atom stereocenters. The number of hydrogen-bond donors (Lipinski definition) is 1. The molecule has 2 rings (SSSR count). The van der Waals surface area contributed by atoms with Crippen LogP contribution in [0.3, 0.4) is 0 Å². The summed E-state index contributed by atoms with van der Waals surface area (Å²) in [4.78, 5) is 12.3. The average molecular weight is 312 g/mol. The fourth-order valence-corrected chi connectivity index (χ4v) is 2.74. The van der Waals surface area contributed by atoms with Gasteiger partial charge in [0.05, 0.1) is 17.6 Å². The number of nitrogens with zero attached hydrogens (tertiary/aromatic N) is 1. The highest BCUT2D eigenvalue weighted by molar-refractivity contribution is 7.92. The van der Waals surface area contributed by atoms with Crippen molar-refractivity contribution in [3.8, 4) is 0 Å². The first-order valence-corrected chi connectivity index (χ1v) is 8.66. The molecule has 0 spiro atoms. The predicted octanol–water partition coefficient (Wildman–Crippen LogP) is 1.45. The summed E-state index contributed by atoms with van der Waals surface area (Å²) in [5.41, 5.74) is 0.960. The maximum atomic E-state index is 12.3. The quantitative estimate of drug-likeness (QED) is 0.913. The summed E-state index contributed by atoms with van der Waals surface area (Å²) >= 11 is 0. The molecule has 1 fully saturated rings. The van der Waals surface area contributed by atoms with E-state index in [-0.39, 0.29) is 11.8 Å². The molecule has 1 aliphatic heterocycles. The molecule has 0 saturated carbocycles. The molecule has 1 aromatic carbocycles. The van der Waals surface area contributed by atoms with E-state index in [9.17, 15) is 13.2 Å². The van der Waals surface area contributed by atoms with E-state index in [2.05, 4.69) is 5.32 Å². The molecule has 6 nitrogen and oxygen atoms in total. The second-order valence-corrected chi connectivity index (χ2v) is 7.14. The Kier molecular flexibility index (Phi) is 4.84. The molecule has 1 amide bonds. The van der Waals surface area contributed by atoms with Crippen molar-refractivity contribution in [3.63, 3.8) is 0 Å². The maximum Gasteiger partial charge on any atom is 0.232 e. The van der Waals surface area contributed by atoms with Crippen LogP contribution >= 0.6 is 0 Å². The van der Waals surface area contributed by atoms with Crippen molar-refractivity contribution in [3.05, 3.63) is 24.3 Å². The van der Waals surface area contributed by atoms with Gasteiger partial charge in [-0.3, -0.25) is 9.10 Å². The van der Waals surface area contributed by atoms with E-state index in [1.165, 1.54) is 7.05 Å². The van der Waals surface area contributed by atoms with Crippen LogP contribution < -0.4 is 9.62 Å². The zero-order chi connectivity index (χ0) is 15.5. The van der Waals surface area contributed by atoms with E-state index in [1.807, 2.05) is 0 Å². The number of para-hydroxylation sites is 2. The summed E-state index contributed by atoms with van der Waals surface area (Å²) in [6.45, 7) is 1.17. The van der Waals surface area contributed by atoms with E-state index in [0.717, 1.165) is 10.6 Å². The van der Waals surface area contributed by atoms with Gasteiger partial charge in [0.15, 0.2) is 0 Å². The van der Waals surface area contributed by atoms with E-state index in [0.29, 0.717) is 37.4 Å². The predicted molar refractivity (Wildman–Crippen MR) is 81.9 cm³/mol. The minimum absolute atomic E-state index is 0.0876. The van der Waals surface area contributed by atoms with E-state index in [1.54, 1.807) is 24.3 Å². The lowest BCUT2D eigenvalue weighted by molar-refractivity contribution is -0.122. The molecule has 1 heterocycles. The molecule has 0 radical (unpaired) electrons. The summed E-state index contributed by atoms with van der Waals surface area (Å²) in [5, 5.41) is 2.83. The van der Waals surface area contributed by atoms with Crippen LogP contribution in [0.1, 0.15) is 12.8 Å². The molecule has 0 bridgehead atoms. The third-order valence-corrected chi connectivity index (χ3v) is 4.78. The van der Waals surface area contributed by atoms with Crippen molar-refractivity contribution >= 4 is 27.3 Å². The van der Waals surface area contributed by atoms with Crippen molar-refractivity contribution in [1.29, 1.82) is 0 Å². The van der Waals surface area contributed by atoms with Gasteiger partial charge >= 0.3 is 0 Å². The van der Waals surface area contributed by atoms with E-state index < -0.39 is 10.0 Å². The van der Waals surface area contributed by atoms with Gasteiger partial charge in [-0.25, -0.2) is 8.42 Å². The fraction of sp³-hybridized carbons (Fsp3) is 0.500. The largest absolute Gasteiger partial charge is 0.381 e. The summed E-state index contributed by atoms with van der Waals surface area (Å²) in [7, 11) is -1.91. The average Bonchev–Trinajstić information content (AvgIpc) is 2.47. The smallest absolute Gasteiger partial charge is 0.232 e. The minimum atomic E-state index is -3.38. The van der Waals surface area contributed by atoms with Crippen molar-refractivity contribution in [1.82, 2.24) is 0 Å². The number of carbonyl (C=O) groups is 1. The van der Waals surface area contributed by atoms with Crippen LogP contribution in [-0.2, 0) is 19.6 Å². The maximum absolute atomic E-state index is 12.3. The Labute approximate surface area is 125 Å². The monoisotopic (exact) mass is 312 g/mol. The molecule has 1 aromatic rings. The molecular formula is C14H20N2O4S. The van der Waals surface area contributed by atoms with Gasteiger partial charge in [0.2, 0.25) is 15.9 Å². The summed E-state index contributed by atoms with van der Waals surface area (Å²) in [6.07, 6.45) is 2.51. The van der Waals surface area contributed by atoms with E-state index >= 15 is 0 Å². The third-order valence-electron chi connectivity index (χ3n) is 3.59. The Morgan fingerprint density at radius 3 is 2.52 bits per heavy atom. The van der Waals surface area contributed by atoms with Crippen LogP contribution in [0.5, 0.6) is 0 Å². The van der Waals surface area contributed by atoms with Gasteiger partial charge in [-0.05, 0) is 25.0 Å². The lowest BCUT2D eigenvalue weighted by Gasteiger charge is -2.24. The molecular weight excluding hydrogens is 292 g/mol. The van der Waals surface area contributed by atoms with Crippen molar-refractivity contribution in [2.45, 2.75) is 12.8 Å². The first kappa shape index (κ1) is 15.8. The zero-order valence-corrected chi connectivity index (χ0v) is 13.0. The minimum Gasteiger partial charge on any atom is -0.381 e. The van der Waals surface area contributed by atoms with Crippen molar-refractivity contribution in [2.24, 2.45) is 5.92 Å². The number of anilines is 2. The summed E-state index contributed by atoms with van der Waals surface area (Å²) in [5.74, 6) is -0.178. The SMILES string of the molecule is CN(c1ccccc1NC(=O)C1CCOCC1)S(C)(=O)=O. The van der Waals surface area contributed by atoms with Crippen molar-refractivity contribution in [2.75, 3.05) is 36.1 Å². The number of carbonyl (C=O) groups excluding carboxylic acids is 1. The highest BCUT2D eigenvalue weighted by atomic mass is 32.2. The van der Waals surface area contributed by atoms with Crippen LogP contribution in [0.25, 0.3) is 0 Å². The van der Waals surface area contributed by atoms with Crippen LogP contribution in [0.4, 0.5) is 11.4 Å². The highest BCUT2D eigenvalue weighted by Gasteiger charge is 2.23. The fourth-order valence-electron chi connectivity index (χ4n) is 2.23. The molecule has 1 saturated heterocycles. The lowest BCUT2D eigenvalue weighted by Crippen LogP contribution is -2.30. The normalized spacial score (nSPS) is 16.5. The number of hydrogen-bond acceptors (Lipinski definition) is 4. The van der Waals surface area contributed by atoms with Gasteiger partial charge < -0.3 is 10.1 Å². The number of amides is 1. The number of benzene rings is 1. The first-order chi connectivity index (χ1) is 9.89. The summed E-state index contributed by atoms with van der Waals surface area (Å²) in [6, 6.07) is 6.87. The van der Waals surface area contributed by atoms with Gasteiger partial charge in [-0.2, -0.15) is 0 Å². The molecule has 1 N–H and O–H groups in total. The second kappa shape index (κ2) is 6.44. The van der Waals surface area contributed by atoms with Crippen molar-refractivity contribution < 1.29 is 17.9 Å². The number of sulfonamides is 1. The number of rotatable bonds is 4. The molecule has 21 heavy (non-hydrogen) atoms. The van der Waals surface area contributed by atoms with Crippen LogP contribution in [0, 0.1) is 5.92 Å². The Hall–Kier alpha value is -1.60. The van der Waals surface area contributed by atoms with Crippen LogP contribution in [0.15, 0.2) is 24.3 Å². The lowest BCUT2D eigenvalue weighted by atomic mass is 9.99. The van der Waals surface area contributed by atoms with Crippen LogP contribution in [-0.4, -0.2) is 40.8 Å². The molecule has 0 aliphatic carbocycles. The Bertz CT molecular complexity index is 609. The second-order valence-electron chi connectivity index (χ2n) is 5.12. The first-order valence-electron chi connectivity index (χ1n) is 6.81. The number of ether oxygens (including phenoxy) is 1. The number of nitrogens with one attached hydrogen (secondary N) is 1. The molecule has 1 aliphatic rings. The van der Waals surface area contributed by atoms with Crippen LogP contribution in [0.2, 0.25) is 0 Å². The van der Waals surface area contributed by atoms with Gasteiger partial charge in [0, 0.05) is 26.2 Å². The Morgan fingerprint density at radius 2 is 1.90 bits per heavy atom. The van der Waals surface area contributed by atoms with Gasteiger partial charge in [0.1, 0.15) is 0 Å². The molecule has 7 heteroatoms.